The highest BCUT2D eigenvalue weighted by Gasteiger charge is 2.08. The first-order valence-corrected chi connectivity index (χ1v) is 4.98. The van der Waals surface area contributed by atoms with E-state index in [-0.39, 0.29) is 27.1 Å². The van der Waals surface area contributed by atoms with Gasteiger partial charge in [-0.1, -0.05) is 27.7 Å². The normalized spacial score (nSPS) is 10.4. The summed E-state index contributed by atoms with van der Waals surface area (Å²) in [7, 11) is 0. The molecule has 0 aromatic heterocycles. The first kappa shape index (κ1) is 12.9. The average molecular weight is 204 g/mol. The van der Waals surface area contributed by atoms with Gasteiger partial charge >= 0.3 is 0 Å². The van der Waals surface area contributed by atoms with Crippen molar-refractivity contribution in [2.75, 3.05) is 13.1 Å². The Balaban J connectivity index is -0.000000845. The van der Waals surface area contributed by atoms with Gasteiger partial charge in [-0.2, -0.15) is 0 Å². The van der Waals surface area contributed by atoms with Gasteiger partial charge in [0.15, 0.2) is 0 Å². The molecule has 0 radical (unpaired) electrons. The van der Waals surface area contributed by atoms with Gasteiger partial charge in [-0.3, -0.25) is 9.59 Å². The molecule has 0 fully saturated rings. The monoisotopic (exact) mass is 204 g/mol. The molecule has 0 bridgehead atoms. The molecular formula is C10H24N2O2. The molecule has 0 unspecified atom stereocenters. The smallest absolute Gasteiger partial charge is 0.239 e. The molecule has 0 heterocycles. The van der Waals surface area contributed by atoms with Crippen molar-refractivity contribution in [3.05, 3.63) is 0 Å². The quantitative estimate of drug-likeness (QED) is 0.702. The highest BCUT2D eigenvalue weighted by Crippen LogP contribution is 1.90. The minimum Gasteiger partial charge on any atom is -0.354 e. The minimum absolute atomic E-state index is 0. The fourth-order valence-corrected chi connectivity index (χ4v) is 0.752. The van der Waals surface area contributed by atoms with Crippen LogP contribution < -0.4 is 10.6 Å². The molecule has 0 aromatic carbocycles. The number of nitrogens with one attached hydrogen (secondary N) is 2. The Labute approximate surface area is 88.4 Å². The van der Waals surface area contributed by atoms with E-state index in [1.807, 2.05) is 13.8 Å². The van der Waals surface area contributed by atoms with Gasteiger partial charge in [0.25, 0.3) is 0 Å². The van der Waals surface area contributed by atoms with Crippen molar-refractivity contribution in [3.8, 4) is 0 Å². The van der Waals surface area contributed by atoms with Crippen LogP contribution in [0.1, 0.15) is 30.5 Å². The number of hydrogen-bond acceptors (Lipinski definition) is 2. The zero-order chi connectivity index (χ0) is 11.1. The van der Waals surface area contributed by atoms with Crippen LogP contribution in [0.3, 0.4) is 0 Å². The minimum atomic E-state index is -0.132. The number of carbonyl (C=O) groups excluding carboxylic acids is 2. The third-order valence-corrected chi connectivity index (χ3v) is 1.66. The van der Waals surface area contributed by atoms with E-state index in [0.717, 1.165) is 0 Å². The van der Waals surface area contributed by atoms with Crippen LogP contribution >= 0.6 is 0 Å². The van der Waals surface area contributed by atoms with Crippen LogP contribution in [0, 0.1) is 11.8 Å². The molecule has 0 aliphatic heterocycles. The van der Waals surface area contributed by atoms with E-state index in [9.17, 15) is 9.59 Å². The van der Waals surface area contributed by atoms with Crippen LogP contribution in [0.25, 0.3) is 0 Å². The van der Waals surface area contributed by atoms with E-state index >= 15 is 0 Å². The maximum Gasteiger partial charge on any atom is 0.239 e. The Kier molecular flexibility index (Phi) is 5.92. The molecule has 0 aromatic rings. The van der Waals surface area contributed by atoms with Crippen LogP contribution in [0.2, 0.25) is 0 Å². The number of rotatable bonds is 5. The summed E-state index contributed by atoms with van der Waals surface area (Å²) in [5.74, 6) is 0.130. The van der Waals surface area contributed by atoms with Crippen LogP contribution in [-0.4, -0.2) is 24.9 Å². The summed E-state index contributed by atoms with van der Waals surface area (Å²) in [4.78, 5) is 22.2. The average Bonchev–Trinajstić information content (AvgIpc) is 2.10. The molecule has 0 aliphatic carbocycles. The van der Waals surface area contributed by atoms with Crippen molar-refractivity contribution in [3.63, 3.8) is 0 Å². The van der Waals surface area contributed by atoms with E-state index in [2.05, 4.69) is 10.6 Å². The SMILES string of the molecule is CC(C)CNC(=O)CNC(=O)C(C)C.[HH].[HH]. The molecule has 14 heavy (non-hydrogen) atoms. The lowest BCUT2D eigenvalue weighted by Gasteiger charge is -2.09. The Morgan fingerprint density at radius 3 is 2.14 bits per heavy atom. The van der Waals surface area contributed by atoms with E-state index in [1.165, 1.54) is 0 Å². The summed E-state index contributed by atoms with van der Waals surface area (Å²) < 4.78 is 0. The van der Waals surface area contributed by atoms with Crippen molar-refractivity contribution >= 4 is 11.8 Å². The van der Waals surface area contributed by atoms with Crippen molar-refractivity contribution in [2.24, 2.45) is 11.8 Å². The first-order valence-electron chi connectivity index (χ1n) is 4.98. The highest BCUT2D eigenvalue weighted by atomic mass is 16.2. The van der Waals surface area contributed by atoms with E-state index < -0.39 is 0 Å². The first-order chi connectivity index (χ1) is 6.43. The molecule has 0 spiro atoms. The fourth-order valence-electron chi connectivity index (χ4n) is 0.752. The Hall–Kier alpha value is -1.06. The third-order valence-electron chi connectivity index (χ3n) is 1.66. The molecule has 2 amide bonds. The Morgan fingerprint density at radius 2 is 1.71 bits per heavy atom. The lowest BCUT2D eigenvalue weighted by Crippen LogP contribution is -2.39. The van der Waals surface area contributed by atoms with Gasteiger partial charge in [0.1, 0.15) is 0 Å². The van der Waals surface area contributed by atoms with Crippen LogP contribution in [0.5, 0.6) is 0 Å². The maximum atomic E-state index is 11.1. The summed E-state index contributed by atoms with van der Waals surface area (Å²) >= 11 is 0. The molecule has 4 heteroatoms. The second-order valence-corrected chi connectivity index (χ2v) is 4.07. The summed E-state index contributed by atoms with van der Waals surface area (Å²) in [6.45, 7) is 8.35. The molecule has 0 atom stereocenters. The number of hydrogen-bond donors (Lipinski definition) is 2. The Morgan fingerprint density at radius 1 is 1.14 bits per heavy atom. The van der Waals surface area contributed by atoms with Crippen molar-refractivity contribution in [2.45, 2.75) is 27.7 Å². The predicted molar refractivity (Wildman–Crippen MR) is 59.9 cm³/mol. The van der Waals surface area contributed by atoms with Gasteiger partial charge in [-0.15, -0.1) is 0 Å². The molecule has 0 rings (SSSR count). The molecule has 2 N–H and O–H groups in total. The lowest BCUT2D eigenvalue weighted by atomic mass is 10.2. The molecule has 0 aliphatic rings. The zero-order valence-electron chi connectivity index (χ0n) is 9.39. The second-order valence-electron chi connectivity index (χ2n) is 4.07. The summed E-state index contributed by atoms with van der Waals surface area (Å²) in [6, 6.07) is 0. The highest BCUT2D eigenvalue weighted by molar-refractivity contribution is 5.85. The summed E-state index contributed by atoms with van der Waals surface area (Å²) in [6.07, 6.45) is 0. The van der Waals surface area contributed by atoms with Crippen molar-refractivity contribution in [1.29, 1.82) is 0 Å². The summed E-state index contributed by atoms with van der Waals surface area (Å²) in [5.41, 5.74) is 0. The van der Waals surface area contributed by atoms with Gasteiger partial charge in [0.2, 0.25) is 11.8 Å². The molecule has 86 valence electrons. The van der Waals surface area contributed by atoms with Crippen LogP contribution in [-0.2, 0) is 9.59 Å². The largest absolute Gasteiger partial charge is 0.354 e. The van der Waals surface area contributed by atoms with Crippen molar-refractivity contribution in [1.82, 2.24) is 10.6 Å². The maximum absolute atomic E-state index is 11.1. The van der Waals surface area contributed by atoms with Gasteiger partial charge in [0.05, 0.1) is 6.54 Å². The third kappa shape index (κ3) is 6.46. The predicted octanol–water partition coefficient (Wildman–Crippen LogP) is 1.02. The zero-order valence-corrected chi connectivity index (χ0v) is 9.39. The molecule has 0 saturated heterocycles. The van der Waals surface area contributed by atoms with Crippen molar-refractivity contribution < 1.29 is 12.4 Å². The van der Waals surface area contributed by atoms with Crippen LogP contribution in [0.4, 0.5) is 0 Å². The van der Waals surface area contributed by atoms with Gasteiger partial charge in [-0.05, 0) is 5.92 Å². The van der Waals surface area contributed by atoms with Gasteiger partial charge in [-0.25, -0.2) is 0 Å². The second kappa shape index (κ2) is 6.40. The van der Waals surface area contributed by atoms with Crippen LogP contribution in [0.15, 0.2) is 0 Å². The number of amides is 2. The lowest BCUT2D eigenvalue weighted by molar-refractivity contribution is -0.127. The topological polar surface area (TPSA) is 58.2 Å². The fraction of sp³-hybridized carbons (Fsp3) is 0.800. The van der Waals surface area contributed by atoms with E-state index in [4.69, 9.17) is 0 Å². The molecule has 4 nitrogen and oxygen atoms in total. The molecular weight excluding hydrogens is 180 g/mol. The van der Waals surface area contributed by atoms with E-state index in [0.29, 0.717) is 12.5 Å². The Bertz CT molecular complexity index is 209. The van der Waals surface area contributed by atoms with Gasteiger partial charge < -0.3 is 10.6 Å². The molecule has 0 saturated carbocycles. The van der Waals surface area contributed by atoms with E-state index in [1.54, 1.807) is 13.8 Å². The standard InChI is InChI=1S/C10H20N2O2.2H2/c1-7(2)5-11-9(13)6-12-10(14)8(3)4;;/h7-8H,5-6H2,1-4H3,(H,11,13)(H,12,14);2*1H. The van der Waals surface area contributed by atoms with Gasteiger partial charge in [0, 0.05) is 15.3 Å². The number of carbonyl (C=O) groups is 2. The summed E-state index contributed by atoms with van der Waals surface area (Å²) in [5, 5.41) is 5.28.